The van der Waals surface area contributed by atoms with E-state index in [0.29, 0.717) is 25.0 Å². The molecule has 154 valence electrons. The highest BCUT2D eigenvalue weighted by atomic mass is 32.2. The molecule has 5 nitrogen and oxygen atoms in total. The van der Waals surface area contributed by atoms with Gasteiger partial charge >= 0.3 is 5.97 Å². The molecular formula is C21H29NO4S2. The number of rotatable bonds is 11. The van der Waals surface area contributed by atoms with Crippen molar-refractivity contribution in [3.8, 4) is 0 Å². The topological polar surface area (TPSA) is 87.5 Å². The number of hydrogen-bond acceptors (Lipinski definition) is 6. The van der Waals surface area contributed by atoms with E-state index >= 15 is 0 Å². The molecule has 0 aliphatic heterocycles. The summed E-state index contributed by atoms with van der Waals surface area (Å²) in [6.07, 6.45) is 8.40. The smallest absolute Gasteiger partial charge is 0.355 e. The number of allylic oxidation sites excluding steroid dienone is 2. The summed E-state index contributed by atoms with van der Waals surface area (Å²) in [4.78, 5) is 27.2. The first kappa shape index (κ1) is 22.8. The van der Waals surface area contributed by atoms with Crippen LogP contribution in [0, 0.1) is 11.8 Å². The Labute approximate surface area is 175 Å². The van der Waals surface area contributed by atoms with Crippen LogP contribution in [0.1, 0.15) is 62.9 Å². The van der Waals surface area contributed by atoms with Crippen LogP contribution in [0.3, 0.4) is 0 Å². The fourth-order valence-corrected chi connectivity index (χ4v) is 5.21. The molecule has 1 heterocycles. The molecular weight excluding hydrogens is 394 g/mol. The molecule has 0 saturated heterocycles. The number of aromatic carboxylic acids is 1. The van der Waals surface area contributed by atoms with Crippen LogP contribution in [-0.2, 0) is 4.79 Å². The molecule has 0 radical (unpaired) electrons. The fraction of sp³-hybridized carbons (Fsp3) is 0.571. The van der Waals surface area contributed by atoms with Gasteiger partial charge in [0.15, 0.2) is 10.0 Å². The Bertz CT molecular complexity index is 739. The van der Waals surface area contributed by atoms with Crippen molar-refractivity contribution in [3.05, 3.63) is 35.4 Å². The zero-order valence-electron chi connectivity index (χ0n) is 16.5. The number of thiazole rings is 1. The van der Waals surface area contributed by atoms with E-state index in [1.165, 1.54) is 28.5 Å². The van der Waals surface area contributed by atoms with Crippen LogP contribution < -0.4 is 0 Å². The van der Waals surface area contributed by atoms with Gasteiger partial charge in [-0.25, -0.2) is 9.78 Å². The van der Waals surface area contributed by atoms with E-state index in [1.807, 2.05) is 19.9 Å². The van der Waals surface area contributed by atoms with E-state index in [2.05, 4.69) is 17.6 Å². The maximum absolute atomic E-state index is 12.3. The van der Waals surface area contributed by atoms with Crippen LogP contribution in [0.15, 0.2) is 34.0 Å². The molecule has 0 aromatic carbocycles. The van der Waals surface area contributed by atoms with E-state index < -0.39 is 11.6 Å². The van der Waals surface area contributed by atoms with E-state index in [-0.39, 0.29) is 17.5 Å². The Hall–Kier alpha value is -1.44. The highest BCUT2D eigenvalue weighted by Gasteiger charge is 2.32. The van der Waals surface area contributed by atoms with Crippen molar-refractivity contribution in [1.82, 2.24) is 4.98 Å². The van der Waals surface area contributed by atoms with Gasteiger partial charge in [-0.15, -0.1) is 17.9 Å². The summed E-state index contributed by atoms with van der Waals surface area (Å²) in [5.74, 6) is 0.246. The molecule has 1 saturated carbocycles. The maximum atomic E-state index is 12.3. The lowest BCUT2D eigenvalue weighted by atomic mass is 9.90. The second kappa shape index (κ2) is 10.4. The van der Waals surface area contributed by atoms with Gasteiger partial charge in [0.25, 0.3) is 0 Å². The van der Waals surface area contributed by atoms with Crippen molar-refractivity contribution >= 4 is 34.9 Å². The molecule has 0 bridgehead atoms. The average molecular weight is 424 g/mol. The number of thioether (sulfide) groups is 1. The predicted molar refractivity (Wildman–Crippen MR) is 114 cm³/mol. The minimum Gasteiger partial charge on any atom is -0.476 e. The van der Waals surface area contributed by atoms with Crippen molar-refractivity contribution in [2.75, 3.05) is 5.75 Å². The molecule has 7 heteroatoms. The number of aromatic nitrogens is 1. The third-order valence-electron chi connectivity index (χ3n) is 5.04. The normalized spacial score (nSPS) is 21.9. The van der Waals surface area contributed by atoms with Crippen LogP contribution in [0.5, 0.6) is 0 Å². The summed E-state index contributed by atoms with van der Waals surface area (Å²) in [5.41, 5.74) is 0.388. The van der Waals surface area contributed by atoms with Crippen LogP contribution in [0.2, 0.25) is 0 Å². The Morgan fingerprint density at radius 2 is 2.29 bits per heavy atom. The second-order valence-electron chi connectivity index (χ2n) is 7.80. The predicted octanol–water partition coefficient (Wildman–Crippen LogP) is 4.97. The zero-order valence-corrected chi connectivity index (χ0v) is 18.2. The molecule has 1 aliphatic carbocycles. The average Bonchev–Trinajstić information content (AvgIpc) is 3.22. The number of hydrogen-bond donors (Lipinski definition) is 2. The summed E-state index contributed by atoms with van der Waals surface area (Å²) >= 11 is 2.83. The van der Waals surface area contributed by atoms with Crippen LogP contribution in [0.25, 0.3) is 0 Å². The van der Waals surface area contributed by atoms with Gasteiger partial charge in [-0.1, -0.05) is 29.5 Å². The molecule has 3 atom stereocenters. The van der Waals surface area contributed by atoms with Gasteiger partial charge in [-0.3, -0.25) is 4.79 Å². The van der Waals surface area contributed by atoms with E-state index in [1.54, 1.807) is 0 Å². The van der Waals surface area contributed by atoms with Gasteiger partial charge in [0.05, 0.1) is 5.60 Å². The van der Waals surface area contributed by atoms with Gasteiger partial charge in [-0.05, 0) is 51.9 Å². The number of carboxylic acid groups (broad SMARTS) is 1. The molecule has 1 aromatic rings. The van der Waals surface area contributed by atoms with Crippen LogP contribution >= 0.6 is 23.1 Å². The number of ketones is 1. The molecule has 1 aliphatic rings. The summed E-state index contributed by atoms with van der Waals surface area (Å²) in [6, 6.07) is 0. The minimum atomic E-state index is -1.02. The standard InChI is InChI=1S/C21H29NO4S2/c1-14(2)8-11-21(3,26)10-4-5-15-6-7-18(23)16(15)9-12-27-20-22-17(13-28-20)19(24)25/h4-5,13,15-16,26H,1,6-12H2,2-3H3,(H,24,25)/t15-,16+,21?/m0/s1. The van der Waals surface area contributed by atoms with Crippen molar-refractivity contribution < 1.29 is 19.8 Å². The third-order valence-corrected chi connectivity index (χ3v) is 7.10. The molecule has 2 N–H and O–H groups in total. The number of carboxylic acids is 1. The van der Waals surface area contributed by atoms with E-state index in [0.717, 1.165) is 34.9 Å². The Kier molecular flexibility index (Phi) is 8.46. The number of carbonyl (C=O) groups excluding carboxylic acids is 1. The van der Waals surface area contributed by atoms with E-state index in [4.69, 9.17) is 5.11 Å². The van der Waals surface area contributed by atoms with Crippen molar-refractivity contribution in [2.24, 2.45) is 11.8 Å². The van der Waals surface area contributed by atoms with Crippen molar-refractivity contribution in [2.45, 2.75) is 62.3 Å². The Morgan fingerprint density at radius 3 is 2.93 bits per heavy atom. The zero-order chi connectivity index (χ0) is 20.7. The van der Waals surface area contributed by atoms with Gasteiger partial charge in [-0.2, -0.15) is 0 Å². The molecule has 1 aromatic heterocycles. The van der Waals surface area contributed by atoms with Crippen molar-refractivity contribution in [1.29, 1.82) is 0 Å². The summed E-state index contributed by atoms with van der Waals surface area (Å²) in [6.45, 7) is 7.68. The van der Waals surface area contributed by atoms with Crippen LogP contribution in [-0.4, -0.2) is 38.3 Å². The quantitative estimate of drug-likeness (QED) is 0.386. The molecule has 0 spiro atoms. The van der Waals surface area contributed by atoms with Gasteiger partial charge in [0.1, 0.15) is 5.78 Å². The fourth-order valence-electron chi connectivity index (χ4n) is 3.32. The SMILES string of the molecule is C=C(C)CCC(C)(O)CC=C[C@H]1CCC(=O)[C@@H]1CCSc1nc(C(=O)O)cs1. The molecule has 28 heavy (non-hydrogen) atoms. The van der Waals surface area contributed by atoms with E-state index in [9.17, 15) is 14.7 Å². The number of Topliss-reactive ketones (excluding diaryl/α,β-unsaturated/α-hetero) is 1. The summed E-state index contributed by atoms with van der Waals surface area (Å²) < 4.78 is 0.725. The first-order valence-electron chi connectivity index (χ1n) is 9.56. The summed E-state index contributed by atoms with van der Waals surface area (Å²) in [5, 5.41) is 20.9. The largest absolute Gasteiger partial charge is 0.476 e. The second-order valence-corrected chi connectivity index (χ2v) is 10.0. The monoisotopic (exact) mass is 423 g/mol. The van der Waals surface area contributed by atoms with Gasteiger partial charge in [0.2, 0.25) is 0 Å². The maximum Gasteiger partial charge on any atom is 0.355 e. The van der Waals surface area contributed by atoms with Crippen LogP contribution in [0.4, 0.5) is 0 Å². The lowest BCUT2D eigenvalue weighted by molar-refractivity contribution is -0.121. The molecule has 1 unspecified atom stereocenters. The molecule has 2 rings (SSSR count). The lowest BCUT2D eigenvalue weighted by Crippen LogP contribution is -2.23. The Balaban J connectivity index is 1.82. The first-order valence-corrected chi connectivity index (χ1v) is 11.4. The highest BCUT2D eigenvalue weighted by Crippen LogP contribution is 2.35. The van der Waals surface area contributed by atoms with Crippen molar-refractivity contribution in [3.63, 3.8) is 0 Å². The highest BCUT2D eigenvalue weighted by molar-refractivity contribution is 8.01. The van der Waals surface area contributed by atoms with Gasteiger partial charge in [0, 0.05) is 23.5 Å². The minimum absolute atomic E-state index is 0.00280. The molecule has 1 fully saturated rings. The number of aliphatic hydroxyl groups is 1. The Morgan fingerprint density at radius 1 is 1.54 bits per heavy atom. The summed E-state index contributed by atoms with van der Waals surface area (Å²) in [7, 11) is 0. The number of nitrogens with zero attached hydrogens (tertiary/aromatic N) is 1. The molecule has 0 amide bonds. The number of carbonyl (C=O) groups is 2. The van der Waals surface area contributed by atoms with Gasteiger partial charge < -0.3 is 10.2 Å². The third kappa shape index (κ3) is 7.18. The lowest BCUT2D eigenvalue weighted by Gasteiger charge is -2.22. The first-order chi connectivity index (χ1) is 13.2.